The molecule has 0 unspecified atom stereocenters. The minimum atomic E-state index is -0.831. The van der Waals surface area contributed by atoms with Crippen LogP contribution >= 0.6 is 0 Å². The molecule has 10 heteroatoms. The molecule has 5 aromatic carbocycles. The van der Waals surface area contributed by atoms with Crippen LogP contribution in [-0.4, -0.2) is 66.0 Å². The van der Waals surface area contributed by atoms with E-state index in [-0.39, 0.29) is 37.3 Å². The van der Waals surface area contributed by atoms with Crippen LogP contribution in [0.4, 0.5) is 4.79 Å². The first-order chi connectivity index (χ1) is 27.6. The fourth-order valence-electron chi connectivity index (χ4n) is 7.25. The standard InChI is InChI=1S/C47H53N3O7/c1-31-42(29-50(3)32(2)43(52)36-16-9-6-10-17-36)56-46(57-44(31)37-23-21-34(30-51)22-24-37)40-20-12-19-39(27-40)38-18-11-15-35(25-38)28-48-47(54)49-41(45(53)55-4)26-33-13-7-5-8-14-33/h5-25,27,31-32,41-44,46,51-52H,26,28-30H2,1-4H3,(H2,48,49,54)/t31-,32-,41-,42+,43-,44+,46+/m0/s1. The Morgan fingerprint density at radius 2 is 1.44 bits per heavy atom. The van der Waals surface area contributed by atoms with Crippen LogP contribution in [0.5, 0.6) is 0 Å². The van der Waals surface area contributed by atoms with Gasteiger partial charge in [0.05, 0.1) is 32.0 Å². The number of rotatable bonds is 15. The van der Waals surface area contributed by atoms with Crippen molar-refractivity contribution in [2.75, 3.05) is 20.7 Å². The van der Waals surface area contributed by atoms with Gasteiger partial charge in [-0.25, -0.2) is 9.59 Å². The highest BCUT2D eigenvalue weighted by Gasteiger charge is 2.39. The van der Waals surface area contributed by atoms with E-state index in [4.69, 9.17) is 14.2 Å². The van der Waals surface area contributed by atoms with Crippen LogP contribution in [0.25, 0.3) is 11.1 Å². The Morgan fingerprint density at radius 1 is 0.789 bits per heavy atom. The van der Waals surface area contributed by atoms with E-state index in [1.165, 1.54) is 7.11 Å². The molecule has 0 saturated carbocycles. The van der Waals surface area contributed by atoms with Crippen molar-refractivity contribution in [1.29, 1.82) is 0 Å². The molecule has 1 fully saturated rings. The third kappa shape index (κ3) is 10.7. The second-order valence-corrected chi connectivity index (χ2v) is 14.8. The van der Waals surface area contributed by atoms with Crippen LogP contribution in [0.1, 0.15) is 65.7 Å². The summed E-state index contributed by atoms with van der Waals surface area (Å²) in [6, 6.07) is 41.5. The molecule has 7 atom stereocenters. The van der Waals surface area contributed by atoms with E-state index in [1.54, 1.807) is 0 Å². The summed E-state index contributed by atoms with van der Waals surface area (Å²) in [5.41, 5.74) is 7.24. The number of aliphatic hydroxyl groups excluding tert-OH is 2. The quantitative estimate of drug-likeness (QED) is 0.0819. The summed E-state index contributed by atoms with van der Waals surface area (Å²) >= 11 is 0. The van der Waals surface area contributed by atoms with Gasteiger partial charge in [0.15, 0.2) is 6.29 Å². The van der Waals surface area contributed by atoms with Crippen LogP contribution < -0.4 is 10.6 Å². The van der Waals surface area contributed by atoms with E-state index in [1.807, 2.05) is 141 Å². The Kier molecular flexibility index (Phi) is 14.2. The molecule has 0 spiro atoms. The van der Waals surface area contributed by atoms with Gasteiger partial charge in [-0.05, 0) is 65.0 Å². The summed E-state index contributed by atoms with van der Waals surface area (Å²) in [4.78, 5) is 27.5. The highest BCUT2D eigenvalue weighted by Crippen LogP contribution is 2.42. The van der Waals surface area contributed by atoms with Gasteiger partial charge >= 0.3 is 12.0 Å². The molecule has 1 aliphatic rings. The van der Waals surface area contributed by atoms with Gasteiger partial charge < -0.3 is 35.1 Å². The average molecular weight is 772 g/mol. The molecule has 0 radical (unpaired) electrons. The zero-order chi connectivity index (χ0) is 40.3. The molecule has 6 rings (SSSR count). The molecule has 10 nitrogen and oxygen atoms in total. The maximum absolute atomic E-state index is 12.9. The average Bonchev–Trinajstić information content (AvgIpc) is 3.26. The van der Waals surface area contributed by atoms with Gasteiger partial charge in [-0.2, -0.15) is 0 Å². The number of nitrogens with one attached hydrogen (secondary N) is 2. The number of hydrogen-bond acceptors (Lipinski definition) is 8. The van der Waals surface area contributed by atoms with Gasteiger partial charge in [-0.15, -0.1) is 0 Å². The number of carbonyl (C=O) groups is 2. The van der Waals surface area contributed by atoms with Crippen molar-refractivity contribution in [3.63, 3.8) is 0 Å². The molecule has 1 aliphatic heterocycles. The molecule has 1 saturated heterocycles. The van der Waals surface area contributed by atoms with Crippen molar-refractivity contribution in [2.24, 2.45) is 5.92 Å². The highest BCUT2D eigenvalue weighted by molar-refractivity contribution is 5.83. The Labute approximate surface area is 335 Å². The van der Waals surface area contributed by atoms with E-state index in [9.17, 15) is 19.8 Å². The maximum Gasteiger partial charge on any atom is 0.328 e. The molecular formula is C47H53N3O7. The monoisotopic (exact) mass is 771 g/mol. The largest absolute Gasteiger partial charge is 0.467 e. The van der Waals surface area contributed by atoms with Crippen LogP contribution in [0.3, 0.4) is 0 Å². The molecule has 5 aromatic rings. The topological polar surface area (TPSA) is 130 Å². The SMILES string of the molecule is COC(=O)[C@H](Cc1ccccc1)NC(=O)NCc1cccc(-c2cccc([C@@H]3O[C@H](CN(C)[C@@H](C)[C@H](O)c4ccccc4)[C@H](C)[C@H](c4ccc(CO)cc4)O3)c2)c1. The lowest BCUT2D eigenvalue weighted by Gasteiger charge is -2.43. The molecule has 1 heterocycles. The third-order valence-corrected chi connectivity index (χ3v) is 10.8. The van der Waals surface area contributed by atoms with Crippen molar-refractivity contribution in [3.8, 4) is 11.1 Å². The summed E-state index contributed by atoms with van der Waals surface area (Å²) in [5.74, 6) is -0.549. The number of aliphatic hydroxyl groups is 2. The van der Waals surface area contributed by atoms with Crippen LogP contribution in [-0.2, 0) is 38.6 Å². The minimum Gasteiger partial charge on any atom is -0.467 e. The van der Waals surface area contributed by atoms with E-state index in [2.05, 4.69) is 28.5 Å². The van der Waals surface area contributed by atoms with Gasteiger partial charge in [-0.1, -0.05) is 128 Å². The van der Waals surface area contributed by atoms with Crippen LogP contribution in [0.15, 0.2) is 133 Å². The first-order valence-corrected chi connectivity index (χ1v) is 19.4. The fourth-order valence-corrected chi connectivity index (χ4v) is 7.25. The summed E-state index contributed by atoms with van der Waals surface area (Å²) in [6.45, 7) is 4.92. The number of urea groups is 1. The Morgan fingerprint density at radius 3 is 2.12 bits per heavy atom. The second-order valence-electron chi connectivity index (χ2n) is 14.8. The second kappa shape index (κ2) is 19.7. The van der Waals surface area contributed by atoms with E-state index in [0.29, 0.717) is 13.0 Å². The number of likely N-dealkylation sites (N-methyl/N-ethyl adjacent to an activating group) is 1. The minimum absolute atomic E-state index is 0.0319. The van der Waals surface area contributed by atoms with Crippen molar-refractivity contribution in [1.82, 2.24) is 15.5 Å². The van der Waals surface area contributed by atoms with Crippen LogP contribution in [0.2, 0.25) is 0 Å². The number of nitrogens with zero attached hydrogens (tertiary/aromatic N) is 1. The van der Waals surface area contributed by atoms with Gasteiger partial charge in [-0.3, -0.25) is 4.90 Å². The van der Waals surface area contributed by atoms with Crippen LogP contribution in [0, 0.1) is 5.92 Å². The third-order valence-electron chi connectivity index (χ3n) is 10.8. The molecular weight excluding hydrogens is 719 g/mol. The molecule has 0 aromatic heterocycles. The predicted octanol–water partition coefficient (Wildman–Crippen LogP) is 7.27. The Balaban J connectivity index is 1.17. The van der Waals surface area contributed by atoms with Gasteiger partial charge in [0.2, 0.25) is 0 Å². The summed E-state index contributed by atoms with van der Waals surface area (Å²) in [7, 11) is 3.32. The Bertz CT molecular complexity index is 2050. The zero-order valence-corrected chi connectivity index (χ0v) is 33.0. The predicted molar refractivity (Wildman–Crippen MR) is 220 cm³/mol. The molecule has 0 bridgehead atoms. The lowest BCUT2D eigenvalue weighted by Crippen LogP contribution is -2.47. The fraction of sp³-hybridized carbons (Fsp3) is 0.319. The van der Waals surface area contributed by atoms with Crippen molar-refractivity contribution in [3.05, 3.63) is 167 Å². The van der Waals surface area contributed by atoms with Gasteiger partial charge in [0.25, 0.3) is 0 Å². The van der Waals surface area contributed by atoms with E-state index < -0.39 is 30.4 Å². The molecule has 0 aliphatic carbocycles. The van der Waals surface area contributed by atoms with Crippen molar-refractivity contribution in [2.45, 2.75) is 70.1 Å². The smallest absolute Gasteiger partial charge is 0.328 e. The molecule has 57 heavy (non-hydrogen) atoms. The zero-order valence-electron chi connectivity index (χ0n) is 33.0. The van der Waals surface area contributed by atoms with Gasteiger partial charge in [0.1, 0.15) is 6.04 Å². The van der Waals surface area contributed by atoms with Gasteiger partial charge in [0, 0.05) is 37.0 Å². The molecule has 2 amide bonds. The van der Waals surface area contributed by atoms with Crippen molar-refractivity contribution < 1.29 is 34.0 Å². The van der Waals surface area contributed by atoms with Crippen molar-refractivity contribution >= 4 is 12.0 Å². The number of esters is 1. The number of ether oxygens (including phenoxy) is 3. The number of benzene rings is 5. The number of hydrogen-bond donors (Lipinski definition) is 4. The lowest BCUT2D eigenvalue weighted by atomic mass is 9.89. The number of carbonyl (C=O) groups excluding carboxylic acids is 2. The summed E-state index contributed by atoms with van der Waals surface area (Å²) in [6.07, 6.45) is -1.57. The number of amides is 2. The lowest BCUT2D eigenvalue weighted by molar-refractivity contribution is -0.276. The molecule has 4 N–H and O–H groups in total. The Hall–Kier alpha value is -5.36. The maximum atomic E-state index is 12.9. The first-order valence-electron chi connectivity index (χ1n) is 19.4. The van der Waals surface area contributed by atoms with E-state index >= 15 is 0 Å². The highest BCUT2D eigenvalue weighted by atomic mass is 16.7. The van der Waals surface area contributed by atoms with E-state index in [0.717, 1.165) is 44.5 Å². The first kappa shape index (κ1) is 41.3. The number of methoxy groups -OCH3 is 1. The normalized spacial score (nSPS) is 19.6. The summed E-state index contributed by atoms with van der Waals surface area (Å²) in [5, 5.41) is 26.5. The molecule has 298 valence electrons. The summed E-state index contributed by atoms with van der Waals surface area (Å²) < 4.78 is 18.5.